The highest BCUT2D eigenvalue weighted by Crippen LogP contribution is 2.42. The molecule has 2 aromatic carbocycles. The summed E-state index contributed by atoms with van der Waals surface area (Å²) in [6, 6.07) is 17.8. The van der Waals surface area contributed by atoms with Gasteiger partial charge in [0.2, 0.25) is 0 Å². The van der Waals surface area contributed by atoms with Gasteiger partial charge in [-0.3, -0.25) is 0 Å². The SMILES string of the molecule is CC.CC.CSc1ccc(-c2c(-c3ccc(C)cc3)sc(C)c2C)cc1. The van der Waals surface area contributed by atoms with Gasteiger partial charge in [0.15, 0.2) is 0 Å². The zero-order chi connectivity index (χ0) is 19.7. The van der Waals surface area contributed by atoms with Gasteiger partial charge in [-0.25, -0.2) is 0 Å². The lowest BCUT2D eigenvalue weighted by atomic mass is 9.98. The molecule has 0 radical (unpaired) electrons. The van der Waals surface area contributed by atoms with E-state index in [0.717, 1.165) is 0 Å². The van der Waals surface area contributed by atoms with Crippen molar-refractivity contribution in [3.05, 3.63) is 64.5 Å². The molecule has 140 valence electrons. The fourth-order valence-corrected chi connectivity index (χ4v) is 4.24. The second-order valence-electron chi connectivity index (χ2n) is 5.58. The third-order valence-corrected chi connectivity index (χ3v) is 6.08. The van der Waals surface area contributed by atoms with E-state index < -0.39 is 0 Å². The van der Waals surface area contributed by atoms with Crippen LogP contribution in [0.4, 0.5) is 0 Å². The van der Waals surface area contributed by atoms with E-state index in [0.29, 0.717) is 0 Å². The maximum atomic E-state index is 2.25. The summed E-state index contributed by atoms with van der Waals surface area (Å²) in [6.07, 6.45) is 2.12. The fraction of sp³-hybridized carbons (Fsp3) is 0.333. The zero-order valence-corrected chi connectivity index (χ0v) is 19.1. The number of hydrogen-bond donors (Lipinski definition) is 0. The van der Waals surface area contributed by atoms with Gasteiger partial charge in [0, 0.05) is 20.2 Å². The number of thiophene rings is 1. The molecular formula is C24H32S2. The highest BCUT2D eigenvalue weighted by Gasteiger charge is 2.15. The minimum absolute atomic E-state index is 1.31. The molecule has 0 atom stereocenters. The molecule has 0 bridgehead atoms. The van der Waals surface area contributed by atoms with E-state index in [9.17, 15) is 0 Å². The molecule has 1 heterocycles. The van der Waals surface area contributed by atoms with Crippen LogP contribution in [0.25, 0.3) is 21.6 Å². The Morgan fingerprint density at radius 2 is 1.19 bits per heavy atom. The van der Waals surface area contributed by atoms with Gasteiger partial charge < -0.3 is 0 Å². The predicted molar refractivity (Wildman–Crippen MR) is 124 cm³/mol. The summed E-state index contributed by atoms with van der Waals surface area (Å²) >= 11 is 3.69. The standard InChI is InChI=1S/C20H20S2.2C2H6/c1-13-5-7-17(8-6-13)20-19(14(2)15(3)22-20)16-9-11-18(21-4)12-10-16;2*1-2/h5-12H,1-4H3;2*1-2H3. The minimum Gasteiger partial charge on any atom is -0.140 e. The van der Waals surface area contributed by atoms with Crippen LogP contribution in [0.3, 0.4) is 0 Å². The van der Waals surface area contributed by atoms with Crippen LogP contribution in [0.5, 0.6) is 0 Å². The molecule has 0 aliphatic carbocycles. The Labute approximate surface area is 168 Å². The first kappa shape index (κ1) is 22.5. The molecule has 2 heteroatoms. The van der Waals surface area contributed by atoms with Crippen LogP contribution in [0.1, 0.15) is 43.7 Å². The number of benzene rings is 2. The zero-order valence-electron chi connectivity index (χ0n) is 17.4. The molecule has 3 aromatic rings. The van der Waals surface area contributed by atoms with E-state index in [1.165, 1.54) is 42.5 Å². The lowest BCUT2D eigenvalue weighted by Crippen LogP contribution is -1.83. The molecule has 0 nitrogen and oxygen atoms in total. The van der Waals surface area contributed by atoms with E-state index in [1.807, 2.05) is 39.0 Å². The van der Waals surface area contributed by atoms with Crippen LogP contribution in [-0.4, -0.2) is 6.26 Å². The van der Waals surface area contributed by atoms with Gasteiger partial charge in [-0.05, 0) is 55.9 Å². The lowest BCUT2D eigenvalue weighted by molar-refractivity contribution is 1.41. The van der Waals surface area contributed by atoms with E-state index in [2.05, 4.69) is 75.6 Å². The van der Waals surface area contributed by atoms with Crippen molar-refractivity contribution in [1.82, 2.24) is 0 Å². The lowest BCUT2D eigenvalue weighted by Gasteiger charge is -2.08. The second-order valence-corrected chi connectivity index (χ2v) is 7.69. The van der Waals surface area contributed by atoms with Gasteiger partial charge in [0.25, 0.3) is 0 Å². The van der Waals surface area contributed by atoms with Crippen LogP contribution in [0, 0.1) is 20.8 Å². The molecule has 0 spiro atoms. The minimum atomic E-state index is 1.31. The monoisotopic (exact) mass is 384 g/mol. The largest absolute Gasteiger partial charge is 0.140 e. The number of rotatable bonds is 3. The van der Waals surface area contributed by atoms with Crippen molar-refractivity contribution < 1.29 is 0 Å². The van der Waals surface area contributed by atoms with Gasteiger partial charge in [-0.1, -0.05) is 69.7 Å². The summed E-state index contributed by atoms with van der Waals surface area (Å²) in [7, 11) is 0. The van der Waals surface area contributed by atoms with Gasteiger partial charge in [-0.15, -0.1) is 23.1 Å². The summed E-state index contributed by atoms with van der Waals surface area (Å²) in [4.78, 5) is 4.09. The maximum Gasteiger partial charge on any atom is 0.0426 e. The number of hydrogen-bond acceptors (Lipinski definition) is 2. The Bertz CT molecular complexity index is 778. The Balaban J connectivity index is 0.000000791. The second kappa shape index (κ2) is 11.3. The van der Waals surface area contributed by atoms with E-state index in [4.69, 9.17) is 0 Å². The average Bonchev–Trinajstić information content (AvgIpc) is 3.00. The molecular weight excluding hydrogens is 352 g/mol. The molecule has 0 aliphatic heterocycles. The molecule has 1 aromatic heterocycles. The molecule has 0 amide bonds. The summed E-state index contributed by atoms with van der Waals surface area (Å²) in [5.74, 6) is 0. The normalized spacial score (nSPS) is 9.69. The molecule has 0 fully saturated rings. The van der Waals surface area contributed by atoms with Gasteiger partial charge >= 0.3 is 0 Å². The predicted octanol–water partition coefficient (Wildman–Crippen LogP) is 8.78. The fourth-order valence-electron chi connectivity index (χ4n) is 2.64. The van der Waals surface area contributed by atoms with Crippen molar-refractivity contribution in [2.45, 2.75) is 53.4 Å². The smallest absolute Gasteiger partial charge is 0.0426 e. The Morgan fingerprint density at radius 3 is 1.69 bits per heavy atom. The van der Waals surface area contributed by atoms with Crippen molar-refractivity contribution in [3.63, 3.8) is 0 Å². The topological polar surface area (TPSA) is 0 Å². The first-order valence-electron chi connectivity index (χ1n) is 9.41. The van der Waals surface area contributed by atoms with Gasteiger partial charge in [0.05, 0.1) is 0 Å². The third-order valence-electron chi connectivity index (χ3n) is 4.08. The third kappa shape index (κ3) is 5.25. The van der Waals surface area contributed by atoms with E-state index in [-0.39, 0.29) is 0 Å². The molecule has 0 aliphatic rings. The highest BCUT2D eigenvalue weighted by atomic mass is 32.2. The summed E-state index contributed by atoms with van der Waals surface area (Å²) in [5.41, 5.74) is 6.72. The van der Waals surface area contributed by atoms with E-state index >= 15 is 0 Å². The van der Waals surface area contributed by atoms with Crippen molar-refractivity contribution in [1.29, 1.82) is 0 Å². The molecule has 0 saturated carbocycles. The number of thioether (sulfide) groups is 1. The van der Waals surface area contributed by atoms with Crippen LogP contribution < -0.4 is 0 Å². The van der Waals surface area contributed by atoms with Gasteiger partial charge in [-0.2, -0.15) is 0 Å². The number of aryl methyl sites for hydroxylation is 2. The molecule has 26 heavy (non-hydrogen) atoms. The van der Waals surface area contributed by atoms with Crippen molar-refractivity contribution in [2.24, 2.45) is 0 Å². The van der Waals surface area contributed by atoms with Crippen molar-refractivity contribution in [3.8, 4) is 21.6 Å². The Kier molecular flexibility index (Phi) is 9.75. The summed E-state index contributed by atoms with van der Waals surface area (Å²) < 4.78 is 0. The van der Waals surface area contributed by atoms with Crippen molar-refractivity contribution in [2.75, 3.05) is 6.26 Å². The first-order valence-corrected chi connectivity index (χ1v) is 11.5. The van der Waals surface area contributed by atoms with Crippen LogP contribution in [0.2, 0.25) is 0 Å². The van der Waals surface area contributed by atoms with Crippen LogP contribution in [0.15, 0.2) is 53.4 Å². The van der Waals surface area contributed by atoms with Crippen LogP contribution in [-0.2, 0) is 0 Å². The van der Waals surface area contributed by atoms with Gasteiger partial charge in [0.1, 0.15) is 0 Å². The maximum absolute atomic E-state index is 2.25. The molecule has 0 unspecified atom stereocenters. The van der Waals surface area contributed by atoms with E-state index in [1.54, 1.807) is 11.8 Å². The summed E-state index contributed by atoms with van der Waals surface area (Å²) in [5, 5.41) is 0. The van der Waals surface area contributed by atoms with Crippen LogP contribution >= 0.6 is 23.1 Å². The molecule has 3 rings (SSSR count). The Hall–Kier alpha value is -1.51. The quantitative estimate of drug-likeness (QED) is 0.406. The van der Waals surface area contributed by atoms with Crippen molar-refractivity contribution >= 4 is 23.1 Å². The highest BCUT2D eigenvalue weighted by molar-refractivity contribution is 7.98. The Morgan fingerprint density at radius 1 is 0.692 bits per heavy atom. The average molecular weight is 385 g/mol. The first-order chi connectivity index (χ1) is 12.6. The summed E-state index contributed by atoms with van der Waals surface area (Å²) in [6.45, 7) is 14.6. The molecule has 0 N–H and O–H groups in total. The molecule has 0 saturated heterocycles.